The van der Waals surface area contributed by atoms with Gasteiger partial charge in [0, 0.05) is 31.5 Å². The molecular formula is C28H45N5. The van der Waals surface area contributed by atoms with E-state index in [0.29, 0.717) is 5.92 Å². The van der Waals surface area contributed by atoms with Crippen LogP contribution in [-0.4, -0.2) is 34.2 Å². The molecule has 182 valence electrons. The zero-order valence-electron chi connectivity index (χ0n) is 21.4. The average Bonchev–Trinajstić information content (AvgIpc) is 3.77. The molecule has 0 saturated heterocycles. The van der Waals surface area contributed by atoms with Gasteiger partial charge in [-0.1, -0.05) is 69.9 Å². The van der Waals surface area contributed by atoms with Gasteiger partial charge in [0.1, 0.15) is 11.6 Å². The van der Waals surface area contributed by atoms with Crippen LogP contribution in [0.3, 0.4) is 0 Å². The van der Waals surface area contributed by atoms with Crippen molar-refractivity contribution < 1.29 is 0 Å². The lowest BCUT2D eigenvalue weighted by Crippen LogP contribution is -2.27. The summed E-state index contributed by atoms with van der Waals surface area (Å²) in [6.45, 7) is 7.10. The lowest BCUT2D eigenvalue weighted by molar-refractivity contribution is 0.519. The van der Waals surface area contributed by atoms with Crippen LogP contribution in [0.1, 0.15) is 107 Å². The summed E-state index contributed by atoms with van der Waals surface area (Å²) in [6, 6.07) is 11.3. The molecule has 1 aromatic heterocycles. The zero-order valence-corrected chi connectivity index (χ0v) is 21.4. The number of nitrogens with zero attached hydrogens (tertiary/aromatic N) is 4. The number of aryl methyl sites for hydroxylation is 1. The van der Waals surface area contributed by atoms with E-state index in [4.69, 9.17) is 0 Å². The number of aromatic nitrogens is 3. The van der Waals surface area contributed by atoms with Crippen molar-refractivity contribution in [3.05, 3.63) is 47.5 Å². The minimum Gasteiger partial charge on any atom is -0.373 e. The molecule has 5 heteroatoms. The van der Waals surface area contributed by atoms with Crippen LogP contribution in [0.4, 0.5) is 0 Å². The van der Waals surface area contributed by atoms with Gasteiger partial charge in [-0.15, -0.1) is 10.2 Å². The highest BCUT2D eigenvalue weighted by molar-refractivity contribution is 5.86. The van der Waals surface area contributed by atoms with E-state index in [0.717, 1.165) is 30.7 Å². The lowest BCUT2D eigenvalue weighted by atomic mass is 9.99. The summed E-state index contributed by atoms with van der Waals surface area (Å²) in [5.41, 5.74) is 1.39. The van der Waals surface area contributed by atoms with E-state index in [-0.39, 0.29) is 0 Å². The third-order valence-electron chi connectivity index (χ3n) is 6.79. The molecule has 0 radical (unpaired) electrons. The van der Waals surface area contributed by atoms with E-state index in [1.54, 1.807) is 0 Å². The second-order valence-electron chi connectivity index (χ2n) is 9.44. The van der Waals surface area contributed by atoms with E-state index >= 15 is 0 Å². The van der Waals surface area contributed by atoms with Gasteiger partial charge in [0.25, 0.3) is 0 Å². The highest BCUT2D eigenvalue weighted by Gasteiger charge is 2.31. The van der Waals surface area contributed by atoms with Crippen molar-refractivity contribution in [3.63, 3.8) is 0 Å². The molecule has 0 aliphatic heterocycles. The summed E-state index contributed by atoms with van der Waals surface area (Å²) in [4.78, 5) is 4.29. The van der Waals surface area contributed by atoms with Crippen LogP contribution in [0.15, 0.2) is 35.3 Å². The van der Waals surface area contributed by atoms with Gasteiger partial charge in [-0.25, -0.2) is 0 Å². The highest BCUT2D eigenvalue weighted by atomic mass is 15.3. The summed E-state index contributed by atoms with van der Waals surface area (Å²) in [5.74, 6) is 5.03. The molecule has 3 aliphatic rings. The van der Waals surface area contributed by atoms with Crippen LogP contribution in [0, 0.1) is 12.8 Å². The van der Waals surface area contributed by atoms with Gasteiger partial charge in [0.15, 0.2) is 0 Å². The summed E-state index contributed by atoms with van der Waals surface area (Å²) < 4.78 is 2.43. The number of aliphatic imine (C=N–C) groups is 1. The monoisotopic (exact) mass is 451 g/mol. The first-order chi connectivity index (χ1) is 16.3. The topological polar surface area (TPSA) is 55.1 Å². The van der Waals surface area contributed by atoms with Crippen LogP contribution in [-0.2, 0) is 6.42 Å². The number of hydrogen-bond acceptors (Lipinski definition) is 3. The Morgan fingerprint density at radius 2 is 1.61 bits per heavy atom. The number of hydrogen-bond donors (Lipinski definition) is 1. The fourth-order valence-corrected chi connectivity index (χ4v) is 4.73. The largest absolute Gasteiger partial charge is 0.373 e. The van der Waals surface area contributed by atoms with Crippen molar-refractivity contribution in [1.29, 1.82) is 0 Å². The predicted molar refractivity (Wildman–Crippen MR) is 139 cm³/mol. The molecule has 1 aromatic carbocycles. The molecule has 0 amide bonds. The molecule has 3 saturated carbocycles. The standard InChI is InChI=1S/C13H21N3.C13H18N2.C2H6/c1-10-14-15-13(16(10)12-8-9-12)11-6-4-2-3-5-7-11;1-14-13(12-7-8-12)15-10-9-11-5-3-2-4-6-11;1-2/h11-12H,2-9H2,1H3;2-6,12H,7-10H2,1H3,(H,14,15);1-2H3. The summed E-state index contributed by atoms with van der Waals surface area (Å²) >= 11 is 0. The minimum atomic E-state index is 0.685. The van der Waals surface area contributed by atoms with Gasteiger partial charge in [-0.05, 0) is 57.4 Å². The maximum atomic E-state index is 4.46. The van der Waals surface area contributed by atoms with E-state index in [9.17, 15) is 0 Å². The Bertz CT molecular complexity index is 825. The van der Waals surface area contributed by atoms with Crippen LogP contribution in [0.25, 0.3) is 0 Å². The van der Waals surface area contributed by atoms with Crippen LogP contribution in [0.2, 0.25) is 0 Å². The molecule has 0 bridgehead atoms. The van der Waals surface area contributed by atoms with Crippen LogP contribution < -0.4 is 5.32 Å². The van der Waals surface area contributed by atoms with E-state index < -0.39 is 0 Å². The Kier molecular flexibility index (Phi) is 10.4. The third-order valence-corrected chi connectivity index (χ3v) is 6.79. The maximum Gasteiger partial charge on any atom is 0.136 e. The van der Waals surface area contributed by atoms with Gasteiger partial charge in [0.05, 0.1) is 5.84 Å². The number of benzene rings is 1. The molecule has 0 spiro atoms. The maximum absolute atomic E-state index is 4.46. The molecule has 2 aromatic rings. The Morgan fingerprint density at radius 3 is 2.18 bits per heavy atom. The molecule has 0 unspecified atom stereocenters. The summed E-state index contributed by atoms with van der Waals surface area (Å²) in [7, 11) is 1.88. The molecule has 3 aliphatic carbocycles. The molecular weight excluding hydrogens is 406 g/mol. The Balaban J connectivity index is 0.000000173. The van der Waals surface area contributed by atoms with Crippen molar-refractivity contribution in [2.24, 2.45) is 10.9 Å². The van der Waals surface area contributed by atoms with E-state index in [1.165, 1.54) is 81.4 Å². The predicted octanol–water partition coefficient (Wildman–Crippen LogP) is 6.64. The average molecular weight is 452 g/mol. The second kappa shape index (κ2) is 13.5. The van der Waals surface area contributed by atoms with Crippen molar-refractivity contribution >= 4 is 5.84 Å². The van der Waals surface area contributed by atoms with Crippen LogP contribution in [0.5, 0.6) is 0 Å². The summed E-state index contributed by atoms with van der Waals surface area (Å²) in [5, 5.41) is 12.2. The number of amidine groups is 1. The second-order valence-corrected chi connectivity index (χ2v) is 9.44. The van der Waals surface area contributed by atoms with E-state index in [1.807, 2.05) is 20.9 Å². The number of nitrogens with one attached hydrogen (secondary N) is 1. The molecule has 33 heavy (non-hydrogen) atoms. The quantitative estimate of drug-likeness (QED) is 0.304. The minimum absolute atomic E-state index is 0.685. The molecule has 1 N–H and O–H groups in total. The van der Waals surface area contributed by atoms with Gasteiger partial charge in [-0.3, -0.25) is 4.99 Å². The highest BCUT2D eigenvalue weighted by Crippen LogP contribution is 2.40. The lowest BCUT2D eigenvalue weighted by Gasteiger charge is -2.15. The van der Waals surface area contributed by atoms with Gasteiger partial charge in [-0.2, -0.15) is 0 Å². The molecule has 1 heterocycles. The zero-order chi connectivity index (χ0) is 23.5. The molecule has 5 nitrogen and oxygen atoms in total. The summed E-state index contributed by atoms with van der Waals surface area (Å²) in [6.07, 6.45) is 14.6. The fraction of sp³-hybridized carbons (Fsp3) is 0.679. The van der Waals surface area contributed by atoms with Crippen molar-refractivity contribution in [3.8, 4) is 0 Å². The smallest absolute Gasteiger partial charge is 0.136 e. The molecule has 0 atom stereocenters. The first-order valence-corrected chi connectivity index (χ1v) is 13.4. The van der Waals surface area contributed by atoms with Crippen molar-refractivity contribution in [2.45, 2.75) is 103 Å². The third kappa shape index (κ3) is 7.97. The van der Waals surface area contributed by atoms with Gasteiger partial charge >= 0.3 is 0 Å². The molecule has 5 rings (SSSR count). The number of rotatable bonds is 6. The Morgan fingerprint density at radius 1 is 0.939 bits per heavy atom. The van der Waals surface area contributed by atoms with Gasteiger partial charge < -0.3 is 9.88 Å². The fourth-order valence-electron chi connectivity index (χ4n) is 4.73. The van der Waals surface area contributed by atoms with Crippen molar-refractivity contribution in [1.82, 2.24) is 20.1 Å². The van der Waals surface area contributed by atoms with Gasteiger partial charge in [0.2, 0.25) is 0 Å². The van der Waals surface area contributed by atoms with Crippen molar-refractivity contribution in [2.75, 3.05) is 13.6 Å². The Hall–Kier alpha value is -2.17. The Labute approximate surface area is 201 Å². The first kappa shape index (κ1) is 25.5. The van der Waals surface area contributed by atoms with Crippen LogP contribution >= 0.6 is 0 Å². The first-order valence-electron chi connectivity index (χ1n) is 13.4. The normalized spacial score (nSPS) is 19.0. The van der Waals surface area contributed by atoms with E-state index in [2.05, 4.69) is 62.3 Å². The SMILES string of the molecule is CC.CN=C(NCCc1ccccc1)C1CC1.Cc1nnc(C2CCCCCC2)n1C1CC1. The molecule has 3 fully saturated rings.